The Morgan fingerprint density at radius 2 is 2.07 bits per heavy atom. The quantitative estimate of drug-likeness (QED) is 0.817. The Kier molecular flexibility index (Phi) is 6.59. The number of rotatable bonds is 5. The lowest BCUT2D eigenvalue weighted by Gasteiger charge is -2.47. The first-order chi connectivity index (χ1) is 13.4. The first kappa shape index (κ1) is 20.6. The maximum Gasteiger partial charge on any atom is 0.387 e. The molecular formula is C20H28F2N2O4. The monoisotopic (exact) mass is 398 g/mol. The normalized spacial score (nSPS) is 21.6. The molecule has 1 aromatic rings. The van der Waals surface area contributed by atoms with Crippen molar-refractivity contribution >= 4 is 6.03 Å². The number of urea groups is 1. The van der Waals surface area contributed by atoms with Crippen molar-refractivity contribution in [3.8, 4) is 11.5 Å². The van der Waals surface area contributed by atoms with Crippen LogP contribution in [0.4, 0.5) is 13.6 Å². The Labute approximate surface area is 164 Å². The van der Waals surface area contributed by atoms with E-state index < -0.39 is 6.61 Å². The smallest absolute Gasteiger partial charge is 0.387 e. The van der Waals surface area contributed by atoms with Crippen LogP contribution in [0.1, 0.15) is 44.6 Å². The lowest BCUT2D eigenvalue weighted by molar-refractivity contribution is -0.153. The second-order valence-electron chi connectivity index (χ2n) is 7.58. The molecule has 3 rings (SSSR count). The van der Waals surface area contributed by atoms with Gasteiger partial charge in [-0.15, -0.1) is 0 Å². The van der Waals surface area contributed by atoms with E-state index in [1.807, 2.05) is 6.92 Å². The average molecular weight is 398 g/mol. The van der Waals surface area contributed by atoms with Crippen LogP contribution in [-0.2, 0) is 11.3 Å². The van der Waals surface area contributed by atoms with E-state index in [0.29, 0.717) is 18.7 Å². The van der Waals surface area contributed by atoms with Gasteiger partial charge in [0.05, 0.1) is 25.4 Å². The fourth-order valence-corrected chi connectivity index (χ4v) is 4.16. The van der Waals surface area contributed by atoms with Gasteiger partial charge in [-0.25, -0.2) is 4.79 Å². The van der Waals surface area contributed by atoms with Crippen molar-refractivity contribution in [2.45, 2.75) is 63.9 Å². The lowest BCUT2D eigenvalue weighted by atomic mass is 9.83. The number of ether oxygens (including phenoxy) is 3. The third-order valence-electron chi connectivity index (χ3n) is 5.35. The van der Waals surface area contributed by atoms with Crippen LogP contribution in [0.5, 0.6) is 11.5 Å². The molecule has 1 heterocycles. The number of methoxy groups -OCH3 is 1. The number of hydrogen-bond donors (Lipinski definition) is 1. The lowest BCUT2D eigenvalue weighted by Crippen LogP contribution is -2.59. The minimum atomic E-state index is -2.94. The summed E-state index contributed by atoms with van der Waals surface area (Å²) in [5.41, 5.74) is 0.421. The average Bonchev–Trinajstić information content (AvgIpc) is 2.65. The van der Waals surface area contributed by atoms with Gasteiger partial charge in [0.2, 0.25) is 0 Å². The van der Waals surface area contributed by atoms with Crippen LogP contribution >= 0.6 is 0 Å². The molecule has 1 N–H and O–H groups in total. The first-order valence-electron chi connectivity index (χ1n) is 9.73. The zero-order valence-electron chi connectivity index (χ0n) is 16.4. The van der Waals surface area contributed by atoms with Gasteiger partial charge in [0.15, 0.2) is 11.5 Å². The third-order valence-corrected chi connectivity index (χ3v) is 5.35. The summed E-state index contributed by atoms with van der Waals surface area (Å²) in [5, 5.41) is 2.88. The first-order valence-corrected chi connectivity index (χ1v) is 9.73. The minimum Gasteiger partial charge on any atom is -0.493 e. The largest absolute Gasteiger partial charge is 0.493 e. The number of nitrogens with zero attached hydrogens (tertiary/aromatic N) is 1. The molecule has 1 spiro atoms. The molecule has 0 bridgehead atoms. The van der Waals surface area contributed by atoms with Gasteiger partial charge in [0.1, 0.15) is 0 Å². The van der Waals surface area contributed by atoms with E-state index in [1.54, 1.807) is 17.0 Å². The zero-order valence-corrected chi connectivity index (χ0v) is 16.4. The highest BCUT2D eigenvalue weighted by Gasteiger charge is 2.41. The van der Waals surface area contributed by atoms with E-state index in [1.165, 1.54) is 19.6 Å². The SMILES string of the molecule is COc1ccc(CNC(=O)N2CC(C)OC3(CCCCC3)C2)cc1OC(F)F. The van der Waals surface area contributed by atoms with Crippen LogP contribution in [0, 0.1) is 0 Å². The van der Waals surface area contributed by atoms with Crippen LogP contribution in [0.25, 0.3) is 0 Å². The van der Waals surface area contributed by atoms with E-state index in [-0.39, 0.29) is 35.8 Å². The molecule has 1 saturated heterocycles. The van der Waals surface area contributed by atoms with Gasteiger partial charge in [-0.2, -0.15) is 8.78 Å². The zero-order chi connectivity index (χ0) is 20.1. The summed E-state index contributed by atoms with van der Waals surface area (Å²) in [6, 6.07) is 4.54. The molecule has 8 heteroatoms. The number of amides is 2. The number of halogens is 2. The Hall–Kier alpha value is -2.09. The maximum atomic E-state index is 12.7. The molecule has 1 aliphatic heterocycles. The fourth-order valence-electron chi connectivity index (χ4n) is 4.16. The maximum absolute atomic E-state index is 12.7. The molecule has 1 saturated carbocycles. The topological polar surface area (TPSA) is 60.0 Å². The van der Waals surface area contributed by atoms with Gasteiger partial charge >= 0.3 is 12.6 Å². The number of alkyl halides is 2. The highest BCUT2D eigenvalue weighted by atomic mass is 19.3. The second kappa shape index (κ2) is 8.94. The van der Waals surface area contributed by atoms with Gasteiger partial charge in [0.25, 0.3) is 0 Å². The summed E-state index contributed by atoms with van der Waals surface area (Å²) in [4.78, 5) is 14.5. The minimum absolute atomic E-state index is 0.00960. The molecular weight excluding hydrogens is 370 g/mol. The summed E-state index contributed by atoms with van der Waals surface area (Å²) in [7, 11) is 1.38. The van der Waals surface area contributed by atoms with Crippen LogP contribution < -0.4 is 14.8 Å². The van der Waals surface area contributed by atoms with E-state index in [0.717, 1.165) is 25.7 Å². The third kappa shape index (κ3) is 5.04. The summed E-state index contributed by atoms with van der Waals surface area (Å²) in [6.45, 7) is 0.385. The highest BCUT2D eigenvalue weighted by Crippen LogP contribution is 2.36. The van der Waals surface area contributed by atoms with E-state index in [9.17, 15) is 13.6 Å². The number of benzene rings is 1. The van der Waals surface area contributed by atoms with E-state index >= 15 is 0 Å². The Morgan fingerprint density at radius 3 is 2.75 bits per heavy atom. The van der Waals surface area contributed by atoms with Gasteiger partial charge < -0.3 is 24.4 Å². The van der Waals surface area contributed by atoms with Gasteiger partial charge in [-0.3, -0.25) is 0 Å². The predicted octanol–water partition coefficient (Wildman–Crippen LogP) is 3.93. The Balaban J connectivity index is 1.61. The predicted molar refractivity (Wildman–Crippen MR) is 99.8 cm³/mol. The van der Waals surface area contributed by atoms with Crippen LogP contribution in [-0.4, -0.2) is 49.4 Å². The number of hydrogen-bond acceptors (Lipinski definition) is 4. The van der Waals surface area contributed by atoms with Crippen LogP contribution in [0.2, 0.25) is 0 Å². The summed E-state index contributed by atoms with van der Waals surface area (Å²) < 4.78 is 40.9. The number of morpholine rings is 1. The van der Waals surface area contributed by atoms with Crippen molar-refractivity contribution < 1.29 is 27.8 Å². The Bertz CT molecular complexity index is 680. The number of carbonyl (C=O) groups excluding carboxylic acids is 1. The Morgan fingerprint density at radius 1 is 1.32 bits per heavy atom. The summed E-state index contributed by atoms with van der Waals surface area (Å²) in [6.07, 6.45) is 5.42. The number of nitrogens with one attached hydrogen (secondary N) is 1. The van der Waals surface area contributed by atoms with Crippen LogP contribution in [0.3, 0.4) is 0 Å². The van der Waals surface area contributed by atoms with Gasteiger partial charge in [-0.05, 0) is 37.5 Å². The molecule has 0 radical (unpaired) electrons. The molecule has 2 fully saturated rings. The summed E-state index contributed by atoms with van der Waals surface area (Å²) >= 11 is 0. The van der Waals surface area contributed by atoms with Crippen LogP contribution in [0.15, 0.2) is 18.2 Å². The van der Waals surface area contributed by atoms with Crippen molar-refractivity contribution in [1.82, 2.24) is 10.2 Å². The molecule has 28 heavy (non-hydrogen) atoms. The van der Waals surface area contributed by atoms with Crippen molar-refractivity contribution in [2.24, 2.45) is 0 Å². The van der Waals surface area contributed by atoms with Crippen molar-refractivity contribution in [3.63, 3.8) is 0 Å². The molecule has 156 valence electrons. The summed E-state index contributed by atoms with van der Waals surface area (Å²) in [5.74, 6) is 0.169. The molecule has 2 aliphatic rings. The molecule has 2 amide bonds. The van der Waals surface area contributed by atoms with Crippen molar-refractivity contribution in [3.05, 3.63) is 23.8 Å². The second-order valence-corrected chi connectivity index (χ2v) is 7.58. The molecule has 1 aromatic carbocycles. The molecule has 1 atom stereocenters. The van der Waals surface area contributed by atoms with Gasteiger partial charge in [-0.1, -0.05) is 25.3 Å². The molecule has 0 aromatic heterocycles. The fraction of sp³-hybridized carbons (Fsp3) is 0.650. The number of carbonyl (C=O) groups is 1. The molecule has 1 unspecified atom stereocenters. The van der Waals surface area contributed by atoms with Gasteiger partial charge in [0, 0.05) is 13.1 Å². The standard InChI is InChI=1S/C20H28F2N2O4/c1-14-12-24(13-20(28-14)8-4-3-5-9-20)19(25)23-11-15-6-7-16(26-2)17(10-15)27-18(21)22/h6-7,10,14,18H,3-5,8-9,11-13H2,1-2H3,(H,23,25). The van der Waals surface area contributed by atoms with Crippen molar-refractivity contribution in [1.29, 1.82) is 0 Å². The van der Waals surface area contributed by atoms with E-state index in [4.69, 9.17) is 9.47 Å². The molecule has 1 aliphatic carbocycles. The highest BCUT2D eigenvalue weighted by molar-refractivity contribution is 5.74. The van der Waals surface area contributed by atoms with E-state index in [2.05, 4.69) is 10.1 Å². The van der Waals surface area contributed by atoms with Crippen molar-refractivity contribution in [2.75, 3.05) is 20.2 Å². The molecule has 6 nitrogen and oxygen atoms in total.